The zero-order valence-electron chi connectivity index (χ0n) is 13.5. The van der Waals surface area contributed by atoms with Crippen LogP contribution in [0.1, 0.15) is 33.6 Å². The van der Waals surface area contributed by atoms with Gasteiger partial charge in [-0.15, -0.1) is 0 Å². The molecular weight excluding hydrogens is 252 g/mol. The molecule has 20 heavy (non-hydrogen) atoms. The summed E-state index contributed by atoms with van der Waals surface area (Å²) in [5, 5.41) is 3.65. The standard InChI is InChI=1S/C16H32N2O2/c1-4-15-10-19-8-6-18(15)12-16(5-7-20-13-16)11-17-9-14(2)3/h14-15,17H,4-13H2,1-3H3. The van der Waals surface area contributed by atoms with Gasteiger partial charge in [0.05, 0.1) is 19.8 Å². The molecule has 2 heterocycles. The highest BCUT2D eigenvalue weighted by Gasteiger charge is 2.38. The van der Waals surface area contributed by atoms with Crippen LogP contribution in [0.15, 0.2) is 0 Å². The van der Waals surface area contributed by atoms with Gasteiger partial charge in [-0.05, 0) is 25.3 Å². The van der Waals surface area contributed by atoms with Gasteiger partial charge in [-0.3, -0.25) is 4.90 Å². The molecule has 0 bridgehead atoms. The van der Waals surface area contributed by atoms with Crippen molar-refractivity contribution in [3.05, 3.63) is 0 Å². The maximum atomic E-state index is 5.73. The zero-order valence-corrected chi connectivity index (χ0v) is 13.5. The molecule has 1 N–H and O–H groups in total. The molecule has 118 valence electrons. The first kappa shape index (κ1) is 16.2. The number of nitrogens with zero attached hydrogens (tertiary/aromatic N) is 1. The molecule has 0 aromatic rings. The van der Waals surface area contributed by atoms with Gasteiger partial charge in [-0.25, -0.2) is 0 Å². The van der Waals surface area contributed by atoms with Crippen LogP contribution in [0.4, 0.5) is 0 Å². The molecule has 2 rings (SSSR count). The van der Waals surface area contributed by atoms with Crippen LogP contribution in [0.2, 0.25) is 0 Å². The largest absolute Gasteiger partial charge is 0.381 e. The van der Waals surface area contributed by atoms with E-state index in [1.807, 2.05) is 0 Å². The third-order valence-corrected chi connectivity index (χ3v) is 4.60. The Hall–Kier alpha value is -0.160. The number of hydrogen-bond donors (Lipinski definition) is 1. The number of hydrogen-bond acceptors (Lipinski definition) is 4. The molecule has 4 heteroatoms. The van der Waals surface area contributed by atoms with E-state index >= 15 is 0 Å². The third-order valence-electron chi connectivity index (χ3n) is 4.60. The average molecular weight is 284 g/mol. The minimum atomic E-state index is 0.305. The minimum Gasteiger partial charge on any atom is -0.381 e. The second kappa shape index (κ2) is 7.74. The van der Waals surface area contributed by atoms with Crippen LogP contribution in [-0.4, -0.2) is 63.5 Å². The molecule has 0 spiro atoms. The summed E-state index contributed by atoms with van der Waals surface area (Å²) in [7, 11) is 0. The lowest BCUT2D eigenvalue weighted by atomic mass is 9.85. The Kier molecular flexibility index (Phi) is 6.27. The summed E-state index contributed by atoms with van der Waals surface area (Å²) in [6.07, 6.45) is 2.36. The van der Waals surface area contributed by atoms with Gasteiger partial charge in [0.1, 0.15) is 0 Å². The third kappa shape index (κ3) is 4.42. The van der Waals surface area contributed by atoms with Crippen molar-refractivity contribution in [1.82, 2.24) is 10.2 Å². The van der Waals surface area contributed by atoms with Crippen LogP contribution in [0.5, 0.6) is 0 Å². The fraction of sp³-hybridized carbons (Fsp3) is 1.00. The Morgan fingerprint density at radius 3 is 2.80 bits per heavy atom. The maximum Gasteiger partial charge on any atom is 0.0622 e. The van der Waals surface area contributed by atoms with Crippen LogP contribution in [0.3, 0.4) is 0 Å². The molecule has 0 amide bonds. The van der Waals surface area contributed by atoms with E-state index in [9.17, 15) is 0 Å². The Balaban J connectivity index is 1.90. The number of nitrogens with one attached hydrogen (secondary N) is 1. The lowest BCUT2D eigenvalue weighted by molar-refractivity contribution is -0.0295. The molecular formula is C16H32N2O2. The van der Waals surface area contributed by atoms with Crippen molar-refractivity contribution in [3.63, 3.8) is 0 Å². The fourth-order valence-corrected chi connectivity index (χ4v) is 3.30. The minimum absolute atomic E-state index is 0.305. The topological polar surface area (TPSA) is 33.7 Å². The van der Waals surface area contributed by atoms with Crippen molar-refractivity contribution in [3.8, 4) is 0 Å². The van der Waals surface area contributed by atoms with E-state index in [4.69, 9.17) is 9.47 Å². The smallest absolute Gasteiger partial charge is 0.0622 e. The van der Waals surface area contributed by atoms with E-state index in [2.05, 4.69) is 31.0 Å². The van der Waals surface area contributed by atoms with Crippen LogP contribution in [0.25, 0.3) is 0 Å². The predicted octanol–water partition coefficient (Wildman–Crippen LogP) is 1.75. The second-order valence-electron chi connectivity index (χ2n) is 6.93. The lowest BCUT2D eigenvalue weighted by Crippen LogP contribution is -2.52. The van der Waals surface area contributed by atoms with E-state index in [1.165, 1.54) is 12.8 Å². The monoisotopic (exact) mass is 284 g/mol. The quantitative estimate of drug-likeness (QED) is 0.772. The van der Waals surface area contributed by atoms with Crippen molar-refractivity contribution in [2.24, 2.45) is 11.3 Å². The molecule has 0 aromatic carbocycles. The van der Waals surface area contributed by atoms with E-state index in [0.717, 1.165) is 52.6 Å². The summed E-state index contributed by atoms with van der Waals surface area (Å²) >= 11 is 0. The Bertz CT molecular complexity index is 278. The molecule has 2 aliphatic heterocycles. The van der Waals surface area contributed by atoms with Gasteiger partial charge in [0.2, 0.25) is 0 Å². The first-order valence-electron chi connectivity index (χ1n) is 8.25. The summed E-state index contributed by atoms with van der Waals surface area (Å²) in [6, 6.07) is 0.589. The van der Waals surface area contributed by atoms with Gasteiger partial charge >= 0.3 is 0 Å². The maximum absolute atomic E-state index is 5.73. The fourth-order valence-electron chi connectivity index (χ4n) is 3.30. The normalized spacial score (nSPS) is 32.1. The molecule has 0 radical (unpaired) electrons. The van der Waals surface area contributed by atoms with Crippen LogP contribution >= 0.6 is 0 Å². The first-order valence-corrected chi connectivity index (χ1v) is 8.25. The van der Waals surface area contributed by atoms with Crippen LogP contribution in [-0.2, 0) is 9.47 Å². The van der Waals surface area contributed by atoms with Gasteiger partial charge in [-0.2, -0.15) is 0 Å². The Morgan fingerprint density at radius 2 is 2.15 bits per heavy atom. The summed E-state index contributed by atoms with van der Waals surface area (Å²) in [6.45, 7) is 14.8. The molecule has 2 atom stereocenters. The van der Waals surface area contributed by atoms with Gasteiger partial charge < -0.3 is 14.8 Å². The summed E-state index contributed by atoms with van der Waals surface area (Å²) in [5.74, 6) is 0.709. The van der Waals surface area contributed by atoms with Crippen LogP contribution in [0, 0.1) is 11.3 Å². The molecule has 0 saturated carbocycles. The number of rotatable bonds is 7. The summed E-state index contributed by atoms with van der Waals surface area (Å²) in [5.41, 5.74) is 0.305. The van der Waals surface area contributed by atoms with Gasteiger partial charge in [0.25, 0.3) is 0 Å². The zero-order chi connectivity index (χ0) is 14.4. The molecule has 2 fully saturated rings. The highest BCUT2D eigenvalue weighted by molar-refractivity contribution is 4.91. The highest BCUT2D eigenvalue weighted by Crippen LogP contribution is 2.30. The van der Waals surface area contributed by atoms with Crippen molar-refractivity contribution >= 4 is 0 Å². The van der Waals surface area contributed by atoms with E-state index in [-0.39, 0.29) is 0 Å². The molecule has 2 unspecified atom stereocenters. The lowest BCUT2D eigenvalue weighted by Gasteiger charge is -2.41. The Morgan fingerprint density at radius 1 is 1.30 bits per heavy atom. The van der Waals surface area contributed by atoms with Gasteiger partial charge in [-0.1, -0.05) is 20.8 Å². The molecule has 0 aliphatic carbocycles. The molecule has 2 aliphatic rings. The van der Waals surface area contributed by atoms with E-state index in [0.29, 0.717) is 17.4 Å². The van der Waals surface area contributed by atoms with E-state index < -0.39 is 0 Å². The number of ether oxygens (including phenoxy) is 2. The predicted molar refractivity (Wildman–Crippen MR) is 82.0 cm³/mol. The van der Waals surface area contributed by atoms with Crippen molar-refractivity contribution in [2.45, 2.75) is 39.7 Å². The molecule has 4 nitrogen and oxygen atoms in total. The van der Waals surface area contributed by atoms with Gasteiger partial charge in [0.15, 0.2) is 0 Å². The number of morpholine rings is 1. The van der Waals surface area contributed by atoms with Crippen molar-refractivity contribution < 1.29 is 9.47 Å². The second-order valence-corrected chi connectivity index (χ2v) is 6.93. The summed E-state index contributed by atoms with van der Waals surface area (Å²) < 4.78 is 11.4. The molecule has 2 saturated heterocycles. The highest BCUT2D eigenvalue weighted by atomic mass is 16.5. The van der Waals surface area contributed by atoms with Crippen molar-refractivity contribution in [2.75, 3.05) is 52.6 Å². The SMILES string of the molecule is CCC1COCCN1CC1(CNCC(C)C)CCOC1. The molecule has 0 aromatic heterocycles. The summed E-state index contributed by atoms with van der Waals surface area (Å²) in [4.78, 5) is 2.63. The van der Waals surface area contributed by atoms with E-state index in [1.54, 1.807) is 0 Å². The van der Waals surface area contributed by atoms with Crippen LogP contribution < -0.4 is 5.32 Å². The van der Waals surface area contributed by atoms with Gasteiger partial charge in [0, 0.05) is 37.7 Å². The first-order chi connectivity index (χ1) is 9.65. The average Bonchev–Trinajstić information content (AvgIpc) is 2.87. The Labute approximate surface area is 124 Å². The van der Waals surface area contributed by atoms with Crippen molar-refractivity contribution in [1.29, 1.82) is 0 Å².